The van der Waals surface area contributed by atoms with E-state index in [1.165, 1.54) is 0 Å². The van der Waals surface area contributed by atoms with Crippen molar-refractivity contribution in [2.45, 2.75) is 0 Å². The van der Waals surface area contributed by atoms with Crippen LogP contribution in [0.4, 0.5) is 5.69 Å². The molecule has 0 atom stereocenters. The number of hydrogen-bond donors (Lipinski definition) is 0. The fraction of sp³-hybridized carbons (Fsp3) is 0. The molecule has 0 unspecified atom stereocenters. The summed E-state index contributed by atoms with van der Waals surface area (Å²) in [6, 6.07) is 18.3. The molecule has 6 heteroatoms. The van der Waals surface area contributed by atoms with Gasteiger partial charge in [0.05, 0.1) is 15.7 Å². The third kappa shape index (κ3) is 3.47. The smallest absolute Gasteiger partial charge is 0.227 e. The predicted molar refractivity (Wildman–Crippen MR) is 108 cm³/mol. The molecule has 128 valence electrons. The van der Waals surface area contributed by atoms with Gasteiger partial charge in [0, 0.05) is 22.4 Å². The molecule has 0 aliphatic heterocycles. The maximum atomic E-state index is 6.18. The maximum Gasteiger partial charge on any atom is 0.227 e. The molecule has 4 rings (SSSR count). The molecule has 4 aromatic rings. The minimum absolute atomic E-state index is 0.476. The van der Waals surface area contributed by atoms with Crippen LogP contribution >= 0.6 is 34.8 Å². The highest BCUT2D eigenvalue weighted by molar-refractivity contribution is 6.43. The number of aliphatic imine (C=N–C) groups is 1. The van der Waals surface area contributed by atoms with E-state index >= 15 is 0 Å². The van der Waals surface area contributed by atoms with Gasteiger partial charge in [-0.15, -0.1) is 0 Å². The van der Waals surface area contributed by atoms with E-state index in [4.69, 9.17) is 39.2 Å². The van der Waals surface area contributed by atoms with Gasteiger partial charge in [-0.2, -0.15) is 0 Å². The van der Waals surface area contributed by atoms with Gasteiger partial charge in [-0.05, 0) is 42.5 Å². The van der Waals surface area contributed by atoms with Gasteiger partial charge in [-0.3, -0.25) is 4.99 Å². The van der Waals surface area contributed by atoms with Crippen molar-refractivity contribution in [1.29, 1.82) is 0 Å². The average Bonchev–Trinajstić information content (AvgIpc) is 3.06. The van der Waals surface area contributed by atoms with Crippen molar-refractivity contribution in [3.8, 4) is 11.5 Å². The number of aromatic nitrogens is 1. The lowest BCUT2D eigenvalue weighted by Crippen LogP contribution is -1.83. The first-order valence-electron chi connectivity index (χ1n) is 7.75. The van der Waals surface area contributed by atoms with Crippen LogP contribution in [-0.4, -0.2) is 11.2 Å². The summed E-state index contributed by atoms with van der Waals surface area (Å²) in [6.07, 6.45) is 1.67. The van der Waals surface area contributed by atoms with Crippen molar-refractivity contribution >= 4 is 57.8 Å². The minimum Gasteiger partial charge on any atom is -0.436 e. The Balaban J connectivity index is 1.67. The van der Waals surface area contributed by atoms with Gasteiger partial charge in [-0.1, -0.05) is 53.0 Å². The molecule has 0 radical (unpaired) electrons. The molecule has 3 aromatic carbocycles. The number of rotatable bonds is 3. The van der Waals surface area contributed by atoms with Gasteiger partial charge >= 0.3 is 0 Å². The van der Waals surface area contributed by atoms with Gasteiger partial charge in [0.1, 0.15) is 5.52 Å². The van der Waals surface area contributed by atoms with Crippen molar-refractivity contribution < 1.29 is 4.42 Å². The lowest BCUT2D eigenvalue weighted by atomic mass is 10.2. The Kier molecular flexibility index (Phi) is 4.68. The third-order valence-corrected chi connectivity index (χ3v) is 4.85. The molecule has 0 bridgehead atoms. The van der Waals surface area contributed by atoms with Crippen LogP contribution in [0, 0.1) is 0 Å². The van der Waals surface area contributed by atoms with Gasteiger partial charge in [-0.25, -0.2) is 4.98 Å². The largest absolute Gasteiger partial charge is 0.436 e. The van der Waals surface area contributed by atoms with Crippen molar-refractivity contribution in [3.05, 3.63) is 81.3 Å². The highest BCUT2D eigenvalue weighted by atomic mass is 35.5. The third-order valence-electron chi connectivity index (χ3n) is 3.78. The standard InChI is InChI=1S/C20H11Cl3N2O/c21-14-5-1-3-12(9-14)20-25-17-10-15(7-8-18(17)26-20)24-11-13-4-2-6-16(22)19(13)23/h1-11H. The molecule has 0 spiro atoms. The van der Waals surface area contributed by atoms with E-state index in [0.717, 1.165) is 16.8 Å². The van der Waals surface area contributed by atoms with Gasteiger partial charge in [0.25, 0.3) is 0 Å². The Morgan fingerprint density at radius 2 is 1.77 bits per heavy atom. The van der Waals surface area contributed by atoms with E-state index in [-0.39, 0.29) is 0 Å². The van der Waals surface area contributed by atoms with Gasteiger partial charge < -0.3 is 4.42 Å². The monoisotopic (exact) mass is 400 g/mol. The highest BCUT2D eigenvalue weighted by Gasteiger charge is 2.09. The van der Waals surface area contributed by atoms with E-state index in [2.05, 4.69) is 9.98 Å². The topological polar surface area (TPSA) is 38.4 Å². The first kappa shape index (κ1) is 17.1. The summed E-state index contributed by atoms with van der Waals surface area (Å²) in [7, 11) is 0. The van der Waals surface area contributed by atoms with Crippen molar-refractivity contribution in [2.75, 3.05) is 0 Å². The average molecular weight is 402 g/mol. The Hall–Kier alpha value is -2.33. The van der Waals surface area contributed by atoms with Crippen LogP contribution in [0.15, 0.2) is 70.1 Å². The van der Waals surface area contributed by atoms with Crippen LogP contribution in [0.25, 0.3) is 22.6 Å². The molecule has 0 saturated heterocycles. The molecule has 1 aromatic heterocycles. The lowest BCUT2D eigenvalue weighted by molar-refractivity contribution is 0.620. The molecule has 0 saturated carbocycles. The van der Waals surface area contributed by atoms with Crippen molar-refractivity contribution in [2.24, 2.45) is 4.99 Å². The molecular weight excluding hydrogens is 391 g/mol. The first-order valence-corrected chi connectivity index (χ1v) is 8.88. The van der Waals surface area contributed by atoms with Crippen molar-refractivity contribution in [1.82, 2.24) is 4.98 Å². The lowest BCUT2D eigenvalue weighted by Gasteiger charge is -1.99. The summed E-state index contributed by atoms with van der Waals surface area (Å²) in [4.78, 5) is 8.98. The summed E-state index contributed by atoms with van der Waals surface area (Å²) < 4.78 is 5.80. The second-order valence-corrected chi connectivity index (χ2v) is 6.80. The van der Waals surface area contributed by atoms with Gasteiger partial charge in [0.2, 0.25) is 5.89 Å². The molecular formula is C20H11Cl3N2O. The summed E-state index contributed by atoms with van der Waals surface area (Å²) in [5.41, 5.74) is 3.70. The summed E-state index contributed by atoms with van der Waals surface area (Å²) in [5, 5.41) is 1.60. The van der Waals surface area contributed by atoms with Crippen LogP contribution in [-0.2, 0) is 0 Å². The molecule has 0 aliphatic carbocycles. The highest BCUT2D eigenvalue weighted by Crippen LogP contribution is 2.29. The summed E-state index contributed by atoms with van der Waals surface area (Å²) >= 11 is 18.2. The summed E-state index contributed by atoms with van der Waals surface area (Å²) in [5.74, 6) is 0.515. The minimum atomic E-state index is 0.476. The Morgan fingerprint density at radius 1 is 0.923 bits per heavy atom. The number of benzene rings is 3. The fourth-order valence-corrected chi connectivity index (χ4v) is 3.05. The van der Waals surface area contributed by atoms with Crippen LogP contribution in [0.1, 0.15) is 5.56 Å². The predicted octanol–water partition coefficient (Wildman–Crippen LogP) is 7.21. The Morgan fingerprint density at radius 3 is 2.62 bits per heavy atom. The van der Waals surface area contributed by atoms with Crippen LogP contribution < -0.4 is 0 Å². The van der Waals surface area contributed by atoms with Crippen molar-refractivity contribution in [3.63, 3.8) is 0 Å². The number of halogens is 3. The van der Waals surface area contributed by atoms with E-state index < -0.39 is 0 Å². The molecule has 0 N–H and O–H groups in total. The molecule has 0 aliphatic rings. The van der Waals surface area contributed by atoms with E-state index in [1.807, 2.05) is 54.6 Å². The van der Waals surface area contributed by atoms with Crippen LogP contribution in [0.3, 0.4) is 0 Å². The van der Waals surface area contributed by atoms with E-state index in [9.17, 15) is 0 Å². The molecule has 3 nitrogen and oxygen atoms in total. The zero-order valence-electron chi connectivity index (χ0n) is 13.3. The first-order chi connectivity index (χ1) is 12.6. The Labute approximate surface area is 164 Å². The second-order valence-electron chi connectivity index (χ2n) is 5.58. The maximum absolute atomic E-state index is 6.18. The normalized spacial score (nSPS) is 11.5. The van der Waals surface area contributed by atoms with E-state index in [1.54, 1.807) is 12.3 Å². The zero-order valence-corrected chi connectivity index (χ0v) is 15.6. The zero-order chi connectivity index (χ0) is 18.1. The van der Waals surface area contributed by atoms with Crippen LogP contribution in [0.2, 0.25) is 15.1 Å². The number of nitrogens with zero attached hydrogens (tertiary/aromatic N) is 2. The summed E-state index contributed by atoms with van der Waals surface area (Å²) in [6.45, 7) is 0. The second kappa shape index (κ2) is 7.12. The fourth-order valence-electron chi connectivity index (χ4n) is 2.51. The Bertz CT molecular complexity index is 1140. The number of hydrogen-bond acceptors (Lipinski definition) is 3. The van der Waals surface area contributed by atoms with Crippen LogP contribution in [0.5, 0.6) is 0 Å². The number of fused-ring (bicyclic) bond motifs is 1. The molecule has 0 amide bonds. The molecule has 0 fully saturated rings. The number of oxazole rings is 1. The molecule has 1 heterocycles. The quantitative estimate of drug-likeness (QED) is 0.340. The van der Waals surface area contributed by atoms with E-state index in [0.29, 0.717) is 32.1 Å². The SMILES string of the molecule is Clc1cccc(-c2nc3cc(N=Cc4cccc(Cl)c4Cl)ccc3o2)c1. The molecule has 26 heavy (non-hydrogen) atoms. The van der Waals surface area contributed by atoms with Gasteiger partial charge in [0.15, 0.2) is 5.58 Å².